The number of aromatic nitrogens is 2. The number of hydrogen-bond donors (Lipinski definition) is 3. The molecule has 27 heavy (non-hydrogen) atoms. The summed E-state index contributed by atoms with van der Waals surface area (Å²) in [6.45, 7) is 0. The van der Waals surface area contributed by atoms with E-state index in [0.717, 1.165) is 24.2 Å². The molecule has 1 heterocycles. The molecule has 3 N–H and O–H groups in total. The number of hydrogen-bond acceptors (Lipinski definition) is 4. The van der Waals surface area contributed by atoms with Gasteiger partial charge in [-0.15, -0.1) is 0 Å². The van der Waals surface area contributed by atoms with E-state index >= 15 is 0 Å². The van der Waals surface area contributed by atoms with Crippen LogP contribution in [0, 0.1) is 5.92 Å². The molecule has 1 aromatic heterocycles. The molecule has 138 valence electrons. The molecule has 0 bridgehead atoms. The van der Waals surface area contributed by atoms with Crippen molar-refractivity contribution >= 4 is 5.91 Å². The molecule has 0 aliphatic heterocycles. The summed E-state index contributed by atoms with van der Waals surface area (Å²) < 4.78 is 5.21. The number of H-pyrrole nitrogens is 1. The molecule has 0 saturated heterocycles. The number of nitrogens with one attached hydrogen (secondary N) is 2. The van der Waals surface area contributed by atoms with Crippen molar-refractivity contribution in [2.45, 2.75) is 18.9 Å². The molecule has 4 rings (SSSR count). The summed E-state index contributed by atoms with van der Waals surface area (Å²) in [5.74, 6) is 1.16. The Kier molecular flexibility index (Phi) is 4.54. The second kappa shape index (κ2) is 7.15. The predicted octanol–water partition coefficient (Wildman–Crippen LogP) is 3.67. The second-order valence-corrected chi connectivity index (χ2v) is 6.75. The third-order valence-electron chi connectivity index (χ3n) is 4.86. The summed E-state index contributed by atoms with van der Waals surface area (Å²) in [5.41, 5.74) is 2.55. The van der Waals surface area contributed by atoms with Gasteiger partial charge in [-0.05, 0) is 54.7 Å². The van der Waals surface area contributed by atoms with Crippen LogP contribution in [0.25, 0.3) is 11.3 Å². The Morgan fingerprint density at radius 3 is 2.63 bits per heavy atom. The summed E-state index contributed by atoms with van der Waals surface area (Å²) in [5, 5.41) is 20.0. The Balaban J connectivity index is 1.53. The van der Waals surface area contributed by atoms with Gasteiger partial charge in [-0.2, -0.15) is 5.10 Å². The van der Waals surface area contributed by atoms with E-state index in [-0.39, 0.29) is 17.7 Å². The standard InChI is InChI=1S/C21H21N3O3/c1-27-15-10-8-14(9-11-15)20(13-6-7-13)22-21(26)18-12-17(23-24-18)16-4-2-3-5-19(16)25/h2-5,8-13,20,25H,6-7H2,1H3,(H,22,26)(H,23,24)/t20-/m0/s1. The molecule has 6 nitrogen and oxygen atoms in total. The first-order chi connectivity index (χ1) is 13.2. The summed E-state index contributed by atoms with van der Waals surface area (Å²) in [4.78, 5) is 12.7. The summed E-state index contributed by atoms with van der Waals surface area (Å²) in [6.07, 6.45) is 2.20. The van der Waals surface area contributed by atoms with Crippen LogP contribution in [-0.4, -0.2) is 28.3 Å². The first-order valence-electron chi connectivity index (χ1n) is 8.94. The first kappa shape index (κ1) is 17.1. The number of carbonyl (C=O) groups is 1. The topological polar surface area (TPSA) is 87.2 Å². The van der Waals surface area contributed by atoms with Gasteiger partial charge in [-0.1, -0.05) is 24.3 Å². The van der Waals surface area contributed by atoms with Crippen molar-refractivity contribution in [3.63, 3.8) is 0 Å². The molecule has 1 aliphatic rings. The highest BCUT2D eigenvalue weighted by Crippen LogP contribution is 2.41. The average Bonchev–Trinajstić information content (AvgIpc) is 3.42. The number of methoxy groups -OCH3 is 1. The Morgan fingerprint density at radius 1 is 1.22 bits per heavy atom. The third kappa shape index (κ3) is 3.65. The van der Waals surface area contributed by atoms with Crippen LogP contribution in [0.5, 0.6) is 11.5 Å². The maximum absolute atomic E-state index is 12.7. The van der Waals surface area contributed by atoms with Crippen LogP contribution in [0.3, 0.4) is 0 Å². The Labute approximate surface area is 157 Å². The fraction of sp³-hybridized carbons (Fsp3) is 0.238. The van der Waals surface area contributed by atoms with Gasteiger partial charge in [0.05, 0.1) is 18.8 Å². The van der Waals surface area contributed by atoms with Crippen LogP contribution in [0.15, 0.2) is 54.6 Å². The van der Waals surface area contributed by atoms with Crippen molar-refractivity contribution in [3.8, 4) is 22.8 Å². The van der Waals surface area contributed by atoms with Crippen LogP contribution in [0.4, 0.5) is 0 Å². The Morgan fingerprint density at radius 2 is 1.96 bits per heavy atom. The lowest BCUT2D eigenvalue weighted by atomic mass is 10.0. The molecule has 1 amide bonds. The maximum Gasteiger partial charge on any atom is 0.269 e. The zero-order chi connectivity index (χ0) is 18.8. The number of nitrogens with zero attached hydrogens (tertiary/aromatic N) is 1. The van der Waals surface area contributed by atoms with Gasteiger partial charge >= 0.3 is 0 Å². The largest absolute Gasteiger partial charge is 0.507 e. The monoisotopic (exact) mass is 363 g/mol. The van der Waals surface area contributed by atoms with Gasteiger partial charge in [-0.25, -0.2) is 0 Å². The number of benzene rings is 2. The maximum atomic E-state index is 12.7. The summed E-state index contributed by atoms with van der Waals surface area (Å²) >= 11 is 0. The number of phenols is 1. The predicted molar refractivity (Wildman–Crippen MR) is 102 cm³/mol. The zero-order valence-electron chi connectivity index (χ0n) is 15.0. The van der Waals surface area contributed by atoms with Crippen LogP contribution >= 0.6 is 0 Å². The Bertz CT molecular complexity index is 945. The van der Waals surface area contributed by atoms with Crippen molar-refractivity contribution < 1.29 is 14.6 Å². The molecule has 0 unspecified atom stereocenters. The minimum atomic E-state index is -0.211. The molecule has 1 aliphatic carbocycles. The minimum absolute atomic E-state index is 0.0414. The molecule has 6 heteroatoms. The van der Waals surface area contributed by atoms with E-state index in [1.54, 1.807) is 31.4 Å². The number of rotatable bonds is 6. The van der Waals surface area contributed by atoms with Crippen molar-refractivity contribution in [3.05, 3.63) is 65.9 Å². The molecule has 0 radical (unpaired) electrons. The lowest BCUT2D eigenvalue weighted by Crippen LogP contribution is -2.30. The van der Waals surface area contributed by atoms with Gasteiger partial charge in [0.25, 0.3) is 5.91 Å². The third-order valence-corrected chi connectivity index (χ3v) is 4.86. The fourth-order valence-electron chi connectivity index (χ4n) is 3.20. The van der Waals surface area contributed by atoms with E-state index in [9.17, 15) is 9.90 Å². The van der Waals surface area contributed by atoms with E-state index < -0.39 is 0 Å². The molecule has 1 atom stereocenters. The zero-order valence-corrected chi connectivity index (χ0v) is 15.0. The number of aromatic hydroxyl groups is 1. The van der Waals surface area contributed by atoms with Gasteiger partial charge in [-0.3, -0.25) is 9.89 Å². The highest BCUT2D eigenvalue weighted by molar-refractivity contribution is 5.93. The highest BCUT2D eigenvalue weighted by Gasteiger charge is 2.34. The van der Waals surface area contributed by atoms with Crippen molar-refractivity contribution in [2.75, 3.05) is 7.11 Å². The molecule has 1 saturated carbocycles. The molecule has 2 aromatic carbocycles. The molecule has 3 aromatic rings. The van der Waals surface area contributed by atoms with Crippen LogP contribution in [-0.2, 0) is 0 Å². The van der Waals surface area contributed by atoms with Gasteiger partial charge in [0, 0.05) is 5.56 Å². The van der Waals surface area contributed by atoms with Gasteiger partial charge in [0.2, 0.25) is 0 Å². The SMILES string of the molecule is COc1ccc([C@@H](NC(=O)c2cc(-c3ccccc3O)n[nH]2)C2CC2)cc1. The lowest BCUT2D eigenvalue weighted by molar-refractivity contribution is 0.0926. The van der Waals surface area contributed by atoms with Gasteiger partial charge in [0.1, 0.15) is 17.2 Å². The fourth-order valence-corrected chi connectivity index (χ4v) is 3.20. The minimum Gasteiger partial charge on any atom is -0.507 e. The number of aromatic amines is 1. The normalized spacial score (nSPS) is 14.6. The number of amides is 1. The van der Waals surface area contributed by atoms with Gasteiger partial charge in [0.15, 0.2) is 0 Å². The summed E-state index contributed by atoms with van der Waals surface area (Å²) in [6, 6.07) is 16.3. The van der Waals surface area contributed by atoms with Crippen molar-refractivity contribution in [2.24, 2.45) is 5.92 Å². The van der Waals surface area contributed by atoms with E-state index in [0.29, 0.717) is 22.9 Å². The molecular formula is C21H21N3O3. The molecule has 0 spiro atoms. The van der Waals surface area contributed by atoms with E-state index in [1.165, 1.54) is 0 Å². The van der Waals surface area contributed by atoms with Crippen molar-refractivity contribution in [1.29, 1.82) is 0 Å². The van der Waals surface area contributed by atoms with E-state index in [2.05, 4.69) is 15.5 Å². The smallest absolute Gasteiger partial charge is 0.269 e. The average molecular weight is 363 g/mol. The second-order valence-electron chi connectivity index (χ2n) is 6.75. The quantitative estimate of drug-likeness (QED) is 0.623. The van der Waals surface area contributed by atoms with Crippen LogP contribution in [0.1, 0.15) is 34.9 Å². The summed E-state index contributed by atoms with van der Waals surface area (Å²) in [7, 11) is 1.63. The highest BCUT2D eigenvalue weighted by atomic mass is 16.5. The number of carbonyl (C=O) groups excluding carboxylic acids is 1. The van der Waals surface area contributed by atoms with Crippen LogP contribution < -0.4 is 10.1 Å². The lowest BCUT2D eigenvalue weighted by Gasteiger charge is -2.18. The number of ether oxygens (including phenoxy) is 1. The molecular weight excluding hydrogens is 342 g/mol. The van der Waals surface area contributed by atoms with E-state index in [1.807, 2.05) is 30.3 Å². The first-order valence-corrected chi connectivity index (χ1v) is 8.94. The number of para-hydroxylation sites is 1. The van der Waals surface area contributed by atoms with Crippen LogP contribution in [0.2, 0.25) is 0 Å². The van der Waals surface area contributed by atoms with Crippen molar-refractivity contribution in [1.82, 2.24) is 15.5 Å². The Hall–Kier alpha value is -3.28. The van der Waals surface area contributed by atoms with Gasteiger partial charge < -0.3 is 15.2 Å². The molecule has 1 fully saturated rings. The number of phenolic OH excluding ortho intramolecular Hbond substituents is 1. The van der Waals surface area contributed by atoms with E-state index in [4.69, 9.17) is 4.74 Å².